The summed E-state index contributed by atoms with van der Waals surface area (Å²) in [4.78, 5) is 23.6. The van der Waals surface area contributed by atoms with Gasteiger partial charge in [-0.2, -0.15) is 0 Å². The van der Waals surface area contributed by atoms with E-state index in [1.165, 1.54) is 0 Å². The first-order valence-electron chi connectivity index (χ1n) is 6.50. The van der Waals surface area contributed by atoms with Gasteiger partial charge < -0.3 is 18.6 Å². The average Bonchev–Trinajstić information content (AvgIpc) is 2.89. The van der Waals surface area contributed by atoms with Crippen LogP contribution in [0.15, 0.2) is 12.1 Å². The van der Waals surface area contributed by atoms with Crippen LogP contribution in [0.5, 0.6) is 0 Å². The summed E-state index contributed by atoms with van der Waals surface area (Å²) in [6, 6.07) is 3.44. The number of aryl methyl sites for hydroxylation is 2. The van der Waals surface area contributed by atoms with Crippen LogP contribution in [0.1, 0.15) is 34.8 Å². The summed E-state index contributed by atoms with van der Waals surface area (Å²) >= 11 is 0. The molecule has 0 aliphatic carbocycles. The Morgan fingerprint density at radius 2 is 1.35 bits per heavy atom. The van der Waals surface area contributed by atoms with Crippen molar-refractivity contribution in [1.82, 2.24) is 9.13 Å². The number of hydrogen-bond donors (Lipinski definition) is 0. The van der Waals surface area contributed by atoms with E-state index in [0.717, 1.165) is 11.0 Å². The second kappa shape index (κ2) is 5.40. The van der Waals surface area contributed by atoms with Crippen LogP contribution in [0.2, 0.25) is 0 Å². The molecule has 0 fully saturated rings. The van der Waals surface area contributed by atoms with Crippen LogP contribution in [0.25, 0.3) is 11.0 Å². The predicted octanol–water partition coefficient (Wildman–Crippen LogP) is 1.87. The van der Waals surface area contributed by atoms with Crippen molar-refractivity contribution in [2.75, 3.05) is 13.2 Å². The second-order valence-electron chi connectivity index (χ2n) is 4.40. The van der Waals surface area contributed by atoms with Crippen molar-refractivity contribution >= 4 is 23.0 Å². The van der Waals surface area contributed by atoms with Crippen molar-refractivity contribution in [2.45, 2.75) is 13.8 Å². The number of esters is 2. The second-order valence-corrected chi connectivity index (χ2v) is 4.40. The van der Waals surface area contributed by atoms with E-state index in [2.05, 4.69) is 0 Å². The van der Waals surface area contributed by atoms with Crippen LogP contribution in [0, 0.1) is 0 Å². The molecule has 6 nitrogen and oxygen atoms in total. The molecule has 0 amide bonds. The minimum absolute atomic E-state index is 0.328. The lowest BCUT2D eigenvalue weighted by Crippen LogP contribution is -2.13. The molecule has 0 saturated carbocycles. The fourth-order valence-electron chi connectivity index (χ4n) is 2.30. The Morgan fingerprint density at radius 1 is 0.950 bits per heavy atom. The summed E-state index contributed by atoms with van der Waals surface area (Å²) in [5.41, 5.74) is 1.70. The molecule has 0 saturated heterocycles. The van der Waals surface area contributed by atoms with Crippen molar-refractivity contribution < 1.29 is 19.1 Å². The quantitative estimate of drug-likeness (QED) is 0.801. The summed E-state index contributed by atoms with van der Waals surface area (Å²) in [5, 5.41) is 0.807. The van der Waals surface area contributed by atoms with Gasteiger partial charge in [-0.1, -0.05) is 0 Å². The molecule has 0 radical (unpaired) electrons. The number of hydrogen-bond acceptors (Lipinski definition) is 4. The Balaban J connectivity index is 2.49. The molecular formula is C14H18N2O4. The third-order valence-corrected chi connectivity index (χ3v) is 3.17. The van der Waals surface area contributed by atoms with Gasteiger partial charge in [0.1, 0.15) is 17.0 Å². The third kappa shape index (κ3) is 2.17. The molecule has 2 heterocycles. The topological polar surface area (TPSA) is 62.5 Å². The molecule has 0 N–H and O–H groups in total. The Bertz CT molecular complexity index is 613. The van der Waals surface area contributed by atoms with Gasteiger partial charge >= 0.3 is 11.9 Å². The number of aromatic nitrogens is 2. The fourth-order valence-corrected chi connectivity index (χ4v) is 2.30. The highest BCUT2D eigenvalue weighted by molar-refractivity contribution is 5.99. The van der Waals surface area contributed by atoms with E-state index in [1.807, 2.05) is 0 Å². The van der Waals surface area contributed by atoms with Gasteiger partial charge in [0.05, 0.1) is 13.2 Å². The Morgan fingerprint density at radius 3 is 1.65 bits per heavy atom. The molecule has 2 aromatic rings. The molecule has 0 spiro atoms. The lowest BCUT2D eigenvalue weighted by molar-refractivity contribution is 0.0508. The number of fused-ring (bicyclic) bond motifs is 1. The van der Waals surface area contributed by atoms with Gasteiger partial charge in [0.15, 0.2) is 0 Å². The maximum absolute atomic E-state index is 11.8. The fraction of sp³-hybridized carbons (Fsp3) is 0.429. The van der Waals surface area contributed by atoms with Crippen LogP contribution in [-0.4, -0.2) is 34.3 Å². The average molecular weight is 278 g/mol. The van der Waals surface area contributed by atoms with Crippen LogP contribution >= 0.6 is 0 Å². The van der Waals surface area contributed by atoms with Gasteiger partial charge in [0, 0.05) is 19.5 Å². The summed E-state index contributed by atoms with van der Waals surface area (Å²) in [6.45, 7) is 4.18. The van der Waals surface area contributed by atoms with E-state index in [1.54, 1.807) is 49.2 Å². The lowest BCUT2D eigenvalue weighted by Gasteiger charge is -2.07. The zero-order chi connectivity index (χ0) is 14.9. The molecule has 0 bridgehead atoms. The highest BCUT2D eigenvalue weighted by atomic mass is 16.5. The van der Waals surface area contributed by atoms with E-state index in [9.17, 15) is 9.59 Å². The van der Waals surface area contributed by atoms with Crippen LogP contribution in [0.4, 0.5) is 0 Å². The number of ether oxygens (including phenoxy) is 2. The van der Waals surface area contributed by atoms with Crippen molar-refractivity contribution in [3.05, 3.63) is 23.5 Å². The number of carbonyl (C=O) groups excluding carboxylic acids is 2. The van der Waals surface area contributed by atoms with Crippen LogP contribution in [-0.2, 0) is 23.6 Å². The highest BCUT2D eigenvalue weighted by Gasteiger charge is 2.21. The monoisotopic (exact) mass is 278 g/mol. The molecule has 108 valence electrons. The van der Waals surface area contributed by atoms with Gasteiger partial charge in [-0.05, 0) is 26.0 Å². The maximum Gasteiger partial charge on any atom is 0.355 e. The van der Waals surface area contributed by atoms with Gasteiger partial charge in [0.2, 0.25) is 0 Å². The SMILES string of the molecule is CCOC(=O)c1cc2cc(C(=O)OCC)n(C)c2n1C. The van der Waals surface area contributed by atoms with Gasteiger partial charge in [-0.3, -0.25) is 0 Å². The molecule has 0 atom stereocenters. The van der Waals surface area contributed by atoms with E-state index in [4.69, 9.17) is 9.47 Å². The third-order valence-electron chi connectivity index (χ3n) is 3.17. The van der Waals surface area contributed by atoms with Gasteiger partial charge in [0.25, 0.3) is 0 Å². The first kappa shape index (κ1) is 14.2. The van der Waals surface area contributed by atoms with Gasteiger partial charge in [-0.15, -0.1) is 0 Å². The largest absolute Gasteiger partial charge is 0.461 e. The first-order chi connectivity index (χ1) is 9.51. The first-order valence-corrected chi connectivity index (χ1v) is 6.50. The molecule has 0 unspecified atom stereocenters. The minimum atomic E-state index is -0.371. The summed E-state index contributed by atoms with van der Waals surface area (Å²) in [7, 11) is 3.53. The maximum atomic E-state index is 11.8. The van der Waals surface area contributed by atoms with Gasteiger partial charge in [-0.25, -0.2) is 9.59 Å². The predicted molar refractivity (Wildman–Crippen MR) is 73.8 cm³/mol. The normalized spacial score (nSPS) is 10.8. The van der Waals surface area contributed by atoms with Crippen molar-refractivity contribution in [2.24, 2.45) is 14.1 Å². The molecule has 0 aromatic carbocycles. The molecule has 0 aliphatic heterocycles. The van der Waals surface area contributed by atoms with Crippen LogP contribution in [0.3, 0.4) is 0 Å². The zero-order valence-corrected chi connectivity index (χ0v) is 12.1. The van der Waals surface area contributed by atoms with E-state index < -0.39 is 0 Å². The van der Waals surface area contributed by atoms with E-state index in [-0.39, 0.29) is 11.9 Å². The number of carbonyl (C=O) groups is 2. The Kier molecular flexibility index (Phi) is 3.83. The summed E-state index contributed by atoms with van der Waals surface area (Å²) < 4.78 is 13.4. The Labute approximate surface area is 116 Å². The molecule has 20 heavy (non-hydrogen) atoms. The minimum Gasteiger partial charge on any atom is -0.461 e. The number of rotatable bonds is 4. The van der Waals surface area contributed by atoms with Crippen molar-refractivity contribution in [1.29, 1.82) is 0 Å². The molecule has 2 rings (SSSR count). The van der Waals surface area contributed by atoms with Crippen LogP contribution < -0.4 is 0 Å². The van der Waals surface area contributed by atoms with E-state index >= 15 is 0 Å². The smallest absolute Gasteiger partial charge is 0.355 e. The Hall–Kier alpha value is -2.24. The van der Waals surface area contributed by atoms with E-state index in [0.29, 0.717) is 24.6 Å². The molecular weight excluding hydrogens is 260 g/mol. The standard InChI is InChI=1S/C14H18N2O4/c1-5-19-13(17)10-7-9-8-11(14(18)20-6-2)16(4)12(9)15(10)3/h7-8H,5-6H2,1-4H3. The summed E-state index contributed by atoms with van der Waals surface area (Å²) in [6.07, 6.45) is 0. The molecule has 2 aromatic heterocycles. The lowest BCUT2D eigenvalue weighted by atomic mass is 10.3. The molecule has 6 heteroatoms. The zero-order valence-electron chi connectivity index (χ0n) is 12.1. The highest BCUT2D eigenvalue weighted by Crippen LogP contribution is 2.23. The number of nitrogens with zero attached hydrogens (tertiary/aromatic N) is 2. The van der Waals surface area contributed by atoms with Crippen molar-refractivity contribution in [3.8, 4) is 0 Å². The van der Waals surface area contributed by atoms with Crippen molar-refractivity contribution in [3.63, 3.8) is 0 Å². The molecule has 0 aliphatic rings. The summed E-state index contributed by atoms with van der Waals surface area (Å²) in [5.74, 6) is -0.743.